The Morgan fingerprint density at radius 3 is 2.54 bits per heavy atom. The van der Waals surface area contributed by atoms with E-state index in [-0.39, 0.29) is 6.61 Å². The molecule has 7 nitrogen and oxygen atoms in total. The van der Waals surface area contributed by atoms with E-state index < -0.39 is 33.9 Å². The van der Waals surface area contributed by atoms with Gasteiger partial charge < -0.3 is 9.26 Å². The molecule has 0 aliphatic heterocycles. The van der Waals surface area contributed by atoms with E-state index in [0.717, 1.165) is 0 Å². The van der Waals surface area contributed by atoms with E-state index >= 15 is 0 Å². The van der Waals surface area contributed by atoms with Crippen molar-refractivity contribution in [1.29, 1.82) is 0 Å². The van der Waals surface area contributed by atoms with Crippen LogP contribution in [0, 0.1) is 24.0 Å². The molecule has 10 heteroatoms. The van der Waals surface area contributed by atoms with Gasteiger partial charge in [0.1, 0.15) is 17.9 Å². The first-order valence-electron chi connectivity index (χ1n) is 6.55. The molecular weight excluding hydrogens is 333 g/mol. The molecule has 0 aliphatic carbocycles. The third-order valence-corrected chi connectivity index (χ3v) is 3.27. The topological polar surface area (TPSA) is 95.5 Å². The Bertz CT molecular complexity index is 779. The standard InChI is InChI=1S/C14H11F3N2O5/c1-7-11(8(2)24-18-7)6-23-13(20)10-5-9(14(15,16)17)3-4-12(10)19(21)22/h3-5H,6H2,1-2H3. The third-order valence-electron chi connectivity index (χ3n) is 3.27. The summed E-state index contributed by atoms with van der Waals surface area (Å²) in [6, 6.07) is 1.55. The number of hydrogen-bond donors (Lipinski definition) is 0. The molecule has 0 spiro atoms. The van der Waals surface area contributed by atoms with Gasteiger partial charge in [0.25, 0.3) is 5.69 Å². The van der Waals surface area contributed by atoms with Crippen LogP contribution in [0.5, 0.6) is 0 Å². The number of aromatic nitrogens is 1. The molecule has 2 aromatic rings. The van der Waals surface area contributed by atoms with Gasteiger partial charge in [0.05, 0.1) is 21.7 Å². The maximum Gasteiger partial charge on any atom is 0.416 e. The summed E-state index contributed by atoms with van der Waals surface area (Å²) in [5.41, 5.74) is -1.84. The van der Waals surface area contributed by atoms with Crippen LogP contribution in [-0.2, 0) is 17.5 Å². The molecular formula is C14H11F3N2O5. The lowest BCUT2D eigenvalue weighted by Crippen LogP contribution is -2.12. The van der Waals surface area contributed by atoms with Gasteiger partial charge in [0.2, 0.25) is 0 Å². The highest BCUT2D eigenvalue weighted by molar-refractivity contribution is 5.94. The fourth-order valence-electron chi connectivity index (χ4n) is 1.96. The Labute approximate surface area is 133 Å². The Morgan fingerprint density at radius 2 is 2.04 bits per heavy atom. The van der Waals surface area contributed by atoms with Gasteiger partial charge in [0.15, 0.2) is 0 Å². The molecule has 0 radical (unpaired) electrons. The first kappa shape index (κ1) is 17.4. The van der Waals surface area contributed by atoms with Crippen LogP contribution in [0.3, 0.4) is 0 Å². The number of nitrogens with zero attached hydrogens (tertiary/aromatic N) is 2. The molecule has 0 unspecified atom stereocenters. The molecule has 0 fully saturated rings. The molecule has 0 atom stereocenters. The molecule has 0 saturated heterocycles. The highest BCUT2D eigenvalue weighted by atomic mass is 19.4. The van der Waals surface area contributed by atoms with Crippen LogP contribution in [0.25, 0.3) is 0 Å². The van der Waals surface area contributed by atoms with E-state index in [1.807, 2.05) is 0 Å². The van der Waals surface area contributed by atoms with Gasteiger partial charge in [-0.1, -0.05) is 5.16 Å². The van der Waals surface area contributed by atoms with Gasteiger partial charge >= 0.3 is 12.1 Å². The summed E-state index contributed by atoms with van der Waals surface area (Å²) in [7, 11) is 0. The van der Waals surface area contributed by atoms with Crippen LogP contribution in [-0.4, -0.2) is 16.0 Å². The molecule has 128 valence electrons. The highest BCUT2D eigenvalue weighted by Gasteiger charge is 2.34. The molecule has 24 heavy (non-hydrogen) atoms. The maximum atomic E-state index is 12.7. The number of rotatable bonds is 4. The van der Waals surface area contributed by atoms with E-state index in [1.165, 1.54) is 0 Å². The Morgan fingerprint density at radius 1 is 1.38 bits per heavy atom. The quantitative estimate of drug-likeness (QED) is 0.478. The molecule has 0 aliphatic rings. The number of nitro benzene ring substituents is 1. The number of alkyl halides is 3. The third kappa shape index (κ3) is 3.53. The van der Waals surface area contributed by atoms with Gasteiger partial charge in [-0.3, -0.25) is 10.1 Å². The molecule has 0 saturated carbocycles. The first-order chi connectivity index (χ1) is 11.1. The lowest BCUT2D eigenvalue weighted by atomic mass is 10.1. The van der Waals surface area contributed by atoms with Gasteiger partial charge in [-0.2, -0.15) is 13.2 Å². The summed E-state index contributed by atoms with van der Waals surface area (Å²) in [5.74, 6) is -0.869. The number of carbonyl (C=O) groups is 1. The second kappa shape index (κ2) is 6.30. The summed E-state index contributed by atoms with van der Waals surface area (Å²) in [6.07, 6.45) is -4.74. The molecule has 0 amide bonds. The Kier molecular flexibility index (Phi) is 4.58. The van der Waals surface area contributed by atoms with Crippen molar-refractivity contribution in [1.82, 2.24) is 5.16 Å². The van der Waals surface area contributed by atoms with Gasteiger partial charge in [-0.05, 0) is 26.0 Å². The molecule has 1 heterocycles. The van der Waals surface area contributed by atoms with Crippen LogP contribution >= 0.6 is 0 Å². The van der Waals surface area contributed by atoms with Crippen molar-refractivity contribution in [2.45, 2.75) is 26.6 Å². The number of carbonyl (C=O) groups excluding carboxylic acids is 1. The fourth-order valence-corrected chi connectivity index (χ4v) is 1.96. The van der Waals surface area contributed by atoms with Crippen LogP contribution in [0.4, 0.5) is 18.9 Å². The minimum atomic E-state index is -4.74. The van der Waals surface area contributed by atoms with Crippen molar-refractivity contribution >= 4 is 11.7 Å². The molecule has 2 rings (SSSR count). The number of nitro groups is 1. The average molecular weight is 344 g/mol. The average Bonchev–Trinajstić information content (AvgIpc) is 2.82. The zero-order chi connectivity index (χ0) is 18.1. The van der Waals surface area contributed by atoms with Crippen molar-refractivity contribution in [3.05, 3.63) is 56.5 Å². The van der Waals surface area contributed by atoms with Gasteiger partial charge in [-0.15, -0.1) is 0 Å². The number of ether oxygens (including phenoxy) is 1. The fraction of sp³-hybridized carbons (Fsp3) is 0.286. The number of halogens is 3. The van der Waals surface area contributed by atoms with Crippen molar-refractivity contribution in [2.75, 3.05) is 0 Å². The number of aryl methyl sites for hydroxylation is 2. The normalized spacial score (nSPS) is 11.4. The summed E-state index contributed by atoms with van der Waals surface area (Å²) in [6.45, 7) is 2.83. The van der Waals surface area contributed by atoms with Crippen LogP contribution in [0.15, 0.2) is 22.7 Å². The molecule has 1 aromatic carbocycles. The first-order valence-corrected chi connectivity index (χ1v) is 6.55. The van der Waals surface area contributed by atoms with Gasteiger partial charge in [-0.25, -0.2) is 4.79 Å². The van der Waals surface area contributed by atoms with Crippen molar-refractivity contribution in [3.8, 4) is 0 Å². The van der Waals surface area contributed by atoms with Crippen molar-refractivity contribution in [3.63, 3.8) is 0 Å². The summed E-state index contributed by atoms with van der Waals surface area (Å²) in [5, 5.41) is 14.6. The second-order valence-corrected chi connectivity index (χ2v) is 4.87. The summed E-state index contributed by atoms with van der Waals surface area (Å²) < 4.78 is 48.0. The van der Waals surface area contributed by atoms with E-state index in [4.69, 9.17) is 9.26 Å². The Hall–Kier alpha value is -2.91. The monoisotopic (exact) mass is 344 g/mol. The SMILES string of the molecule is Cc1noc(C)c1COC(=O)c1cc(C(F)(F)F)ccc1[N+](=O)[O-]. The van der Waals surface area contributed by atoms with E-state index in [2.05, 4.69) is 5.16 Å². The number of hydrogen-bond acceptors (Lipinski definition) is 6. The van der Waals surface area contributed by atoms with Crippen LogP contribution < -0.4 is 0 Å². The van der Waals surface area contributed by atoms with E-state index in [0.29, 0.717) is 35.2 Å². The number of benzene rings is 1. The minimum absolute atomic E-state index is 0.326. The lowest BCUT2D eigenvalue weighted by molar-refractivity contribution is -0.385. The second-order valence-electron chi connectivity index (χ2n) is 4.87. The zero-order valence-electron chi connectivity index (χ0n) is 12.5. The van der Waals surface area contributed by atoms with Crippen molar-refractivity contribution < 1.29 is 32.1 Å². The molecule has 1 aromatic heterocycles. The predicted octanol–water partition coefficient (Wildman–Crippen LogP) is 3.58. The highest BCUT2D eigenvalue weighted by Crippen LogP contribution is 2.33. The number of esters is 1. The Balaban J connectivity index is 2.31. The molecule has 0 N–H and O–H groups in total. The van der Waals surface area contributed by atoms with Crippen molar-refractivity contribution in [2.24, 2.45) is 0 Å². The van der Waals surface area contributed by atoms with Crippen LogP contribution in [0.2, 0.25) is 0 Å². The maximum absolute atomic E-state index is 12.7. The largest absolute Gasteiger partial charge is 0.457 e. The summed E-state index contributed by atoms with van der Waals surface area (Å²) in [4.78, 5) is 22.0. The lowest BCUT2D eigenvalue weighted by Gasteiger charge is -2.09. The van der Waals surface area contributed by atoms with Gasteiger partial charge in [0, 0.05) is 6.07 Å². The molecule has 0 bridgehead atoms. The van der Waals surface area contributed by atoms with Crippen LogP contribution in [0.1, 0.15) is 32.9 Å². The zero-order valence-corrected chi connectivity index (χ0v) is 12.5. The predicted molar refractivity (Wildman–Crippen MR) is 73.2 cm³/mol. The van der Waals surface area contributed by atoms with E-state index in [9.17, 15) is 28.1 Å². The van der Waals surface area contributed by atoms with E-state index in [1.54, 1.807) is 13.8 Å². The smallest absolute Gasteiger partial charge is 0.416 e. The minimum Gasteiger partial charge on any atom is -0.457 e. The summed E-state index contributed by atoms with van der Waals surface area (Å²) >= 11 is 0.